The first kappa shape index (κ1) is 17.0. The highest BCUT2D eigenvalue weighted by Gasteiger charge is 2.15. The van der Waals surface area contributed by atoms with Gasteiger partial charge >= 0.3 is 0 Å². The zero-order valence-electron chi connectivity index (χ0n) is 13.5. The van der Waals surface area contributed by atoms with Gasteiger partial charge in [-0.05, 0) is 37.4 Å². The number of ether oxygens (including phenoxy) is 1. The maximum absolute atomic E-state index is 14.3. The molecule has 3 aromatic rings. The number of hydrogen-bond acceptors (Lipinski definition) is 4. The Bertz CT molecular complexity index is 832. The molecule has 1 aromatic heterocycles. The minimum Gasteiger partial charge on any atom is -0.497 e. The van der Waals surface area contributed by atoms with Crippen molar-refractivity contribution < 1.29 is 9.13 Å². The van der Waals surface area contributed by atoms with E-state index in [2.05, 4.69) is 11.4 Å². The summed E-state index contributed by atoms with van der Waals surface area (Å²) in [4.78, 5) is 2.26. The molecule has 0 atom stereocenters. The number of methoxy groups -OCH3 is 1. The minimum atomic E-state index is -0.196. The number of nitrogens with one attached hydrogen (secondary N) is 1. The first-order valence-electron chi connectivity index (χ1n) is 7.55. The van der Waals surface area contributed by atoms with Crippen molar-refractivity contribution in [3.05, 3.63) is 65.3 Å². The molecule has 0 saturated carbocycles. The van der Waals surface area contributed by atoms with Crippen LogP contribution in [0.3, 0.4) is 0 Å². The van der Waals surface area contributed by atoms with Gasteiger partial charge in [0, 0.05) is 27.4 Å². The lowest BCUT2D eigenvalue weighted by molar-refractivity contribution is 0.413. The number of halogens is 1. The van der Waals surface area contributed by atoms with Gasteiger partial charge in [-0.1, -0.05) is 36.0 Å². The van der Waals surface area contributed by atoms with E-state index in [9.17, 15) is 4.39 Å². The van der Waals surface area contributed by atoms with Gasteiger partial charge in [-0.3, -0.25) is 0 Å². The molecule has 0 aliphatic rings. The molecule has 2 aromatic carbocycles. The quantitative estimate of drug-likeness (QED) is 0.634. The summed E-state index contributed by atoms with van der Waals surface area (Å²) in [5.74, 6) is 0.623. The average Bonchev–Trinajstić information content (AvgIpc) is 2.98. The number of benzene rings is 2. The van der Waals surface area contributed by atoms with Crippen molar-refractivity contribution in [3.63, 3.8) is 0 Å². The summed E-state index contributed by atoms with van der Waals surface area (Å²) >= 11 is 3.33. The second-order valence-electron chi connectivity index (χ2n) is 5.21. The molecule has 0 bridgehead atoms. The second-order valence-corrected chi connectivity index (χ2v) is 7.68. The van der Waals surface area contributed by atoms with Crippen LogP contribution in [-0.2, 0) is 6.54 Å². The van der Waals surface area contributed by atoms with Gasteiger partial charge in [-0.15, -0.1) is 11.3 Å². The Morgan fingerprint density at radius 2 is 1.92 bits per heavy atom. The fourth-order valence-corrected chi connectivity index (χ4v) is 4.90. The van der Waals surface area contributed by atoms with E-state index < -0.39 is 0 Å². The molecule has 5 heteroatoms. The van der Waals surface area contributed by atoms with E-state index in [0.29, 0.717) is 5.56 Å². The predicted molar refractivity (Wildman–Crippen MR) is 99.6 cm³/mol. The summed E-state index contributed by atoms with van der Waals surface area (Å²) in [7, 11) is 3.57. The highest BCUT2D eigenvalue weighted by Crippen LogP contribution is 2.43. The molecule has 1 N–H and O–H groups in total. The van der Waals surface area contributed by atoms with Crippen LogP contribution in [-0.4, -0.2) is 14.2 Å². The largest absolute Gasteiger partial charge is 0.497 e. The van der Waals surface area contributed by atoms with Crippen LogP contribution < -0.4 is 10.1 Å². The van der Waals surface area contributed by atoms with Crippen LogP contribution in [0.4, 0.5) is 4.39 Å². The summed E-state index contributed by atoms with van der Waals surface area (Å²) < 4.78 is 20.6. The standard InChI is InChI=1S/C19H18FNOS2/c1-21-12-15-11-17(16-8-3-4-9-18(16)20)19(24-15)23-14-7-5-6-13(10-14)22-2/h3-11,21H,12H2,1-2H3. The van der Waals surface area contributed by atoms with E-state index >= 15 is 0 Å². The molecule has 0 spiro atoms. The summed E-state index contributed by atoms with van der Waals surface area (Å²) in [6, 6.07) is 16.9. The van der Waals surface area contributed by atoms with E-state index in [1.165, 1.54) is 10.9 Å². The highest BCUT2D eigenvalue weighted by atomic mass is 32.2. The topological polar surface area (TPSA) is 21.3 Å². The fourth-order valence-electron chi connectivity index (χ4n) is 2.40. The van der Waals surface area contributed by atoms with E-state index in [1.807, 2.05) is 43.4 Å². The maximum atomic E-state index is 14.3. The van der Waals surface area contributed by atoms with Crippen molar-refractivity contribution >= 4 is 23.1 Å². The average molecular weight is 359 g/mol. The molecule has 1 heterocycles. The summed E-state index contributed by atoms with van der Waals surface area (Å²) in [5.41, 5.74) is 1.58. The summed E-state index contributed by atoms with van der Waals surface area (Å²) in [5, 5.41) is 3.16. The Hall–Kier alpha value is -1.82. The van der Waals surface area contributed by atoms with Crippen molar-refractivity contribution in [1.82, 2.24) is 5.32 Å². The highest BCUT2D eigenvalue weighted by molar-refractivity contribution is 8.01. The Morgan fingerprint density at radius 1 is 1.08 bits per heavy atom. The molecular weight excluding hydrogens is 341 g/mol. The van der Waals surface area contributed by atoms with Crippen LogP contribution in [0.1, 0.15) is 4.88 Å². The first-order chi connectivity index (χ1) is 11.7. The van der Waals surface area contributed by atoms with Crippen molar-refractivity contribution in [3.8, 4) is 16.9 Å². The molecule has 124 valence electrons. The second kappa shape index (κ2) is 7.83. The van der Waals surface area contributed by atoms with E-state index in [1.54, 1.807) is 36.3 Å². The third-order valence-corrected chi connectivity index (χ3v) is 5.84. The molecule has 0 amide bonds. The monoisotopic (exact) mass is 359 g/mol. The fraction of sp³-hybridized carbons (Fsp3) is 0.158. The van der Waals surface area contributed by atoms with Crippen molar-refractivity contribution in [2.45, 2.75) is 15.6 Å². The van der Waals surface area contributed by atoms with E-state index in [0.717, 1.165) is 27.0 Å². The van der Waals surface area contributed by atoms with Crippen LogP contribution >= 0.6 is 23.1 Å². The summed E-state index contributed by atoms with van der Waals surface area (Å²) in [6.45, 7) is 0.769. The van der Waals surface area contributed by atoms with Gasteiger partial charge in [0.1, 0.15) is 11.6 Å². The van der Waals surface area contributed by atoms with Crippen LogP contribution in [0.15, 0.2) is 63.7 Å². The number of thiophene rings is 1. The summed E-state index contributed by atoms with van der Waals surface area (Å²) in [6.07, 6.45) is 0. The lowest BCUT2D eigenvalue weighted by Crippen LogP contribution is -2.02. The molecule has 0 radical (unpaired) electrons. The number of hydrogen-bond donors (Lipinski definition) is 1. The smallest absolute Gasteiger partial charge is 0.131 e. The third-order valence-electron chi connectivity index (χ3n) is 3.52. The van der Waals surface area contributed by atoms with Crippen molar-refractivity contribution in [2.75, 3.05) is 14.2 Å². The molecule has 0 aliphatic heterocycles. The van der Waals surface area contributed by atoms with Gasteiger partial charge in [0.2, 0.25) is 0 Å². The van der Waals surface area contributed by atoms with Crippen LogP contribution in [0.5, 0.6) is 5.75 Å². The molecule has 2 nitrogen and oxygen atoms in total. The first-order valence-corrected chi connectivity index (χ1v) is 9.18. The molecule has 0 unspecified atom stereocenters. The van der Waals surface area contributed by atoms with Gasteiger partial charge in [-0.2, -0.15) is 0 Å². The molecule has 0 saturated heterocycles. The Balaban J connectivity index is 2.01. The molecular formula is C19H18FNOS2. The molecule has 3 rings (SSSR count). The van der Waals surface area contributed by atoms with Gasteiger partial charge in [0.15, 0.2) is 0 Å². The number of rotatable bonds is 6. The lowest BCUT2D eigenvalue weighted by atomic mass is 10.1. The van der Waals surface area contributed by atoms with E-state index in [4.69, 9.17) is 4.74 Å². The van der Waals surface area contributed by atoms with Gasteiger partial charge in [0.05, 0.1) is 11.3 Å². The van der Waals surface area contributed by atoms with Gasteiger partial charge in [0.25, 0.3) is 0 Å². The van der Waals surface area contributed by atoms with Crippen LogP contribution in [0.25, 0.3) is 11.1 Å². The van der Waals surface area contributed by atoms with Crippen molar-refractivity contribution in [1.29, 1.82) is 0 Å². The minimum absolute atomic E-state index is 0.196. The molecule has 0 fully saturated rings. The van der Waals surface area contributed by atoms with Gasteiger partial charge < -0.3 is 10.1 Å². The Morgan fingerprint density at radius 3 is 2.67 bits per heavy atom. The predicted octanol–water partition coefficient (Wildman–Crippen LogP) is 5.43. The van der Waals surface area contributed by atoms with Crippen LogP contribution in [0.2, 0.25) is 0 Å². The lowest BCUT2D eigenvalue weighted by Gasteiger charge is -2.06. The zero-order chi connectivity index (χ0) is 16.9. The maximum Gasteiger partial charge on any atom is 0.131 e. The SMILES string of the molecule is CNCc1cc(-c2ccccc2F)c(Sc2cccc(OC)c2)s1. The zero-order valence-corrected chi connectivity index (χ0v) is 15.1. The Kier molecular flexibility index (Phi) is 5.56. The molecule has 24 heavy (non-hydrogen) atoms. The van der Waals surface area contributed by atoms with Crippen LogP contribution in [0, 0.1) is 5.82 Å². The Labute approximate surface area is 149 Å². The van der Waals surface area contributed by atoms with Crippen molar-refractivity contribution in [2.24, 2.45) is 0 Å². The molecule has 0 aliphatic carbocycles. The van der Waals surface area contributed by atoms with Gasteiger partial charge in [-0.25, -0.2) is 4.39 Å². The van der Waals surface area contributed by atoms with E-state index in [-0.39, 0.29) is 5.82 Å². The third kappa shape index (κ3) is 3.80. The normalized spacial score (nSPS) is 10.8.